The van der Waals surface area contributed by atoms with Gasteiger partial charge in [-0.25, -0.2) is 0 Å². The second-order valence-electron chi connectivity index (χ2n) is 13.0. The first kappa shape index (κ1) is 33.0. The molecule has 6 heteroatoms. The third-order valence-electron chi connectivity index (χ3n) is 9.86. The van der Waals surface area contributed by atoms with Crippen molar-refractivity contribution in [2.24, 2.45) is 0 Å². The highest BCUT2D eigenvalue weighted by molar-refractivity contribution is 6.30. The first-order chi connectivity index (χ1) is 22.7. The molecule has 0 bridgehead atoms. The van der Waals surface area contributed by atoms with E-state index in [0.29, 0.717) is 0 Å². The molecule has 1 aromatic heterocycles. The minimum absolute atomic E-state index is 0.149. The number of aromatic amines is 1. The topological polar surface area (TPSA) is 31.5 Å². The molecule has 0 spiro atoms. The lowest BCUT2D eigenvalue weighted by Gasteiger charge is -2.40. The third kappa shape index (κ3) is 8.13. The Hall–Kier alpha value is -2.92. The van der Waals surface area contributed by atoms with Crippen LogP contribution in [0, 0.1) is 0 Å². The molecule has 1 atom stereocenters. The number of allylic oxidation sites excluding steroid dienone is 2. The Morgan fingerprint density at radius 1 is 0.804 bits per heavy atom. The van der Waals surface area contributed by atoms with Crippen LogP contribution in [0.3, 0.4) is 0 Å². The smallest absolute Gasteiger partial charge is 0.119 e. The van der Waals surface area contributed by atoms with E-state index in [2.05, 4.69) is 87.0 Å². The zero-order chi connectivity index (χ0) is 31.7. The highest BCUT2D eigenvalue weighted by Gasteiger charge is 2.35. The average molecular weight is 659 g/mol. The predicted octanol–water partition coefficient (Wildman–Crippen LogP) is 10.3. The Balaban J connectivity index is 0.00000182. The van der Waals surface area contributed by atoms with E-state index in [1.807, 2.05) is 12.1 Å². The molecule has 2 aliphatic heterocycles. The zero-order valence-electron chi connectivity index (χ0n) is 27.4. The summed E-state index contributed by atoms with van der Waals surface area (Å²) >= 11 is 10.9. The van der Waals surface area contributed by atoms with Crippen LogP contribution in [0.25, 0.3) is 10.9 Å². The summed E-state index contributed by atoms with van der Waals surface area (Å²) in [5.41, 5.74) is 9.76. The number of piperidine rings is 1. The van der Waals surface area contributed by atoms with Gasteiger partial charge in [0.05, 0.1) is 12.6 Å². The molecular weight excluding hydrogens is 609 g/mol. The largest absolute Gasteiger partial charge is 0.494 e. The molecule has 0 amide bonds. The van der Waals surface area contributed by atoms with Crippen molar-refractivity contribution in [3.8, 4) is 5.75 Å². The molecule has 1 aliphatic carbocycles. The molecule has 1 unspecified atom stereocenters. The van der Waals surface area contributed by atoms with Crippen molar-refractivity contribution in [1.82, 2.24) is 14.8 Å². The highest BCUT2D eigenvalue weighted by Crippen LogP contribution is 2.44. The van der Waals surface area contributed by atoms with Gasteiger partial charge in [0, 0.05) is 46.7 Å². The van der Waals surface area contributed by atoms with Crippen molar-refractivity contribution in [3.05, 3.63) is 111 Å². The van der Waals surface area contributed by atoms with Crippen LogP contribution in [0.5, 0.6) is 5.75 Å². The molecule has 1 saturated carbocycles. The van der Waals surface area contributed by atoms with Crippen LogP contribution < -0.4 is 4.74 Å². The van der Waals surface area contributed by atoms with Crippen LogP contribution in [0.15, 0.2) is 84.1 Å². The number of para-hydroxylation sites is 1. The van der Waals surface area contributed by atoms with Gasteiger partial charge in [-0.2, -0.15) is 0 Å². The van der Waals surface area contributed by atoms with Crippen LogP contribution in [-0.4, -0.2) is 54.0 Å². The number of nitrogens with zero attached hydrogens (tertiary/aromatic N) is 2. The molecule has 1 saturated heterocycles. The molecule has 1 N–H and O–H groups in total. The van der Waals surface area contributed by atoms with Gasteiger partial charge in [-0.05, 0) is 112 Å². The van der Waals surface area contributed by atoms with E-state index in [1.54, 1.807) is 5.57 Å². The van der Waals surface area contributed by atoms with Gasteiger partial charge in [0.2, 0.25) is 0 Å². The summed E-state index contributed by atoms with van der Waals surface area (Å²) in [6, 6.07) is 26.3. The van der Waals surface area contributed by atoms with E-state index in [4.69, 9.17) is 16.3 Å². The summed E-state index contributed by atoms with van der Waals surface area (Å²) in [7, 11) is 0. The summed E-state index contributed by atoms with van der Waals surface area (Å²) < 4.78 is 6.22. The molecule has 0 radical (unpaired) electrons. The third-order valence-corrected chi connectivity index (χ3v) is 10.1. The molecular formula is C40H49Cl2N3O. The molecule has 244 valence electrons. The summed E-state index contributed by atoms with van der Waals surface area (Å²) in [5, 5.41) is 2.16. The number of likely N-dealkylation sites (tertiary alicyclic amines) is 1. The second-order valence-corrected chi connectivity index (χ2v) is 13.4. The van der Waals surface area contributed by atoms with Gasteiger partial charge < -0.3 is 19.5 Å². The van der Waals surface area contributed by atoms with Crippen LogP contribution in [0.2, 0.25) is 5.02 Å². The van der Waals surface area contributed by atoms with Crippen LogP contribution in [-0.2, 0) is 12.8 Å². The van der Waals surface area contributed by atoms with Crippen molar-refractivity contribution in [1.29, 1.82) is 0 Å². The Bertz CT molecular complexity index is 1560. The van der Waals surface area contributed by atoms with Gasteiger partial charge in [-0.3, -0.25) is 0 Å². The van der Waals surface area contributed by atoms with E-state index in [-0.39, 0.29) is 6.04 Å². The van der Waals surface area contributed by atoms with E-state index in [9.17, 15) is 0 Å². The van der Waals surface area contributed by atoms with Crippen LogP contribution in [0.4, 0.5) is 0 Å². The van der Waals surface area contributed by atoms with Gasteiger partial charge in [0.1, 0.15) is 5.75 Å². The summed E-state index contributed by atoms with van der Waals surface area (Å²) in [6.45, 7) is 5.70. The fourth-order valence-electron chi connectivity index (χ4n) is 7.36. The van der Waals surface area contributed by atoms with Crippen LogP contribution in [0.1, 0.15) is 86.2 Å². The fourth-order valence-corrected chi connectivity index (χ4v) is 7.49. The number of alkyl halides is 1. The van der Waals surface area contributed by atoms with Crippen molar-refractivity contribution >= 4 is 34.1 Å². The highest BCUT2D eigenvalue weighted by atomic mass is 35.5. The van der Waals surface area contributed by atoms with Gasteiger partial charge in [0.15, 0.2) is 0 Å². The van der Waals surface area contributed by atoms with Crippen molar-refractivity contribution < 1.29 is 4.74 Å². The molecule has 3 aromatic carbocycles. The molecule has 3 heterocycles. The second kappa shape index (κ2) is 16.3. The number of ether oxygens (including phenoxy) is 1. The molecule has 7 rings (SSSR count). The number of fused-ring (bicyclic) bond motifs is 3. The quantitative estimate of drug-likeness (QED) is 0.121. The molecule has 4 aromatic rings. The normalized spacial score (nSPS) is 17.8. The number of hydrogen-bond acceptors (Lipinski definition) is 3. The van der Waals surface area contributed by atoms with Crippen LogP contribution >= 0.6 is 23.2 Å². The first-order valence-electron chi connectivity index (χ1n) is 17.4. The summed E-state index contributed by atoms with van der Waals surface area (Å²) in [6.07, 6.45) is 15.1. The molecule has 2 fully saturated rings. The lowest BCUT2D eigenvalue weighted by Crippen LogP contribution is -2.36. The van der Waals surface area contributed by atoms with Gasteiger partial charge in [0.25, 0.3) is 0 Å². The van der Waals surface area contributed by atoms with Gasteiger partial charge >= 0.3 is 0 Å². The predicted molar refractivity (Wildman–Crippen MR) is 194 cm³/mol. The Kier molecular flexibility index (Phi) is 11.7. The molecule has 46 heavy (non-hydrogen) atoms. The maximum absolute atomic E-state index is 6.23. The SMILES string of the molecule is CCl.Clc1ccc(CC(=C2CC2)N2CCc3c([nH]c4ccccc34)C2c2ccc(OCCCCCCN3CCCCC3)cc2)cc1. The number of aromatic nitrogens is 1. The van der Waals surface area contributed by atoms with E-state index >= 15 is 0 Å². The van der Waals surface area contributed by atoms with E-state index < -0.39 is 0 Å². The van der Waals surface area contributed by atoms with Crippen molar-refractivity contribution in [3.63, 3.8) is 0 Å². The minimum Gasteiger partial charge on any atom is -0.494 e. The van der Waals surface area contributed by atoms with E-state index in [0.717, 1.165) is 43.2 Å². The minimum atomic E-state index is 0.149. The Morgan fingerprint density at radius 2 is 1.54 bits per heavy atom. The summed E-state index contributed by atoms with van der Waals surface area (Å²) in [4.78, 5) is 9.20. The molecule has 3 aliphatic rings. The lowest BCUT2D eigenvalue weighted by atomic mass is 9.91. The number of halogens is 2. The van der Waals surface area contributed by atoms with Gasteiger partial charge in [-0.15, -0.1) is 11.6 Å². The molecule has 4 nitrogen and oxygen atoms in total. The lowest BCUT2D eigenvalue weighted by molar-refractivity contribution is 0.223. The maximum atomic E-state index is 6.23. The maximum Gasteiger partial charge on any atom is 0.119 e. The number of rotatable bonds is 12. The number of benzene rings is 3. The van der Waals surface area contributed by atoms with Gasteiger partial charge in [-0.1, -0.05) is 78.9 Å². The monoisotopic (exact) mass is 657 g/mol. The van der Waals surface area contributed by atoms with Crippen molar-refractivity contribution in [2.45, 2.75) is 76.7 Å². The first-order valence-corrected chi connectivity index (χ1v) is 18.5. The number of hydrogen-bond donors (Lipinski definition) is 1. The Morgan fingerprint density at radius 3 is 2.30 bits per heavy atom. The summed E-state index contributed by atoms with van der Waals surface area (Å²) in [5.74, 6) is 0.975. The van der Waals surface area contributed by atoms with E-state index in [1.165, 1.54) is 116 Å². The average Bonchev–Trinajstić information content (AvgIpc) is 3.88. The van der Waals surface area contributed by atoms with Crippen molar-refractivity contribution in [2.75, 3.05) is 39.2 Å². The standard InChI is InChI=1S/C39H46ClN3O.CH3Cl/c40-32-18-12-29(13-19-32)28-37(30-14-15-30)43-26-22-35-34-10-4-5-11-36(34)41-38(35)39(43)31-16-20-33(21-17-31)44-27-9-2-1-6-23-42-24-7-3-8-25-42;1-2/h4-5,10-13,16-21,39,41H,1-3,6-9,14-15,22-28H2;1H3. The fraction of sp³-hybridized carbons (Fsp3) is 0.450. The number of H-pyrrole nitrogens is 1. The number of nitrogens with one attached hydrogen (secondary N) is 1. The number of unbranched alkanes of at least 4 members (excludes halogenated alkanes) is 3. The zero-order valence-corrected chi connectivity index (χ0v) is 28.9. The Labute approximate surface area is 285 Å².